The van der Waals surface area contributed by atoms with Crippen LogP contribution < -0.4 is 0 Å². The third-order valence-electron chi connectivity index (χ3n) is 0.965. The molecule has 1 unspecified atom stereocenters. The zero-order valence-electron chi connectivity index (χ0n) is 5.60. The van der Waals surface area contributed by atoms with Crippen molar-refractivity contribution in [2.45, 2.75) is 26.9 Å². The maximum atomic E-state index is 8.63. The van der Waals surface area contributed by atoms with E-state index in [4.69, 9.17) is 5.11 Å². The zero-order chi connectivity index (χ0) is 5.15. The smallest absolute Gasteiger partial charge is 0.0535 e. The molecule has 0 aliphatic rings. The van der Waals surface area contributed by atoms with Gasteiger partial charge in [0.05, 0.1) is 6.10 Å². The molecule has 0 spiro atoms. The van der Waals surface area contributed by atoms with Crippen molar-refractivity contribution in [3.05, 3.63) is 0 Å². The van der Waals surface area contributed by atoms with Crippen molar-refractivity contribution in [2.24, 2.45) is 5.92 Å². The average Bonchev–Trinajstić information content (AvgIpc) is 1.36. The number of hydrogen-bond acceptors (Lipinski definition) is 1. The van der Waals surface area contributed by atoms with Crippen molar-refractivity contribution in [3.8, 4) is 0 Å². The van der Waals surface area contributed by atoms with Crippen LogP contribution in [0.1, 0.15) is 20.8 Å². The molecule has 7 heavy (non-hydrogen) atoms. The summed E-state index contributed by atoms with van der Waals surface area (Å²) in [6.45, 7) is 5.78. The van der Waals surface area contributed by atoms with Crippen LogP contribution in [0.4, 0.5) is 0 Å². The summed E-state index contributed by atoms with van der Waals surface area (Å²) in [7, 11) is 0. The van der Waals surface area contributed by atoms with E-state index >= 15 is 0 Å². The first-order valence-electron chi connectivity index (χ1n) is 2.32. The number of hydrogen-bond donors (Lipinski definition) is 1. The number of aliphatic hydroxyl groups excluding tert-OH is 1. The molecule has 0 rings (SSSR count). The quantitative estimate of drug-likeness (QED) is 0.513. The fourth-order valence-electron chi connectivity index (χ4n) is 0. The molecule has 0 fully saturated rings. The minimum Gasteiger partial charge on any atom is -0.393 e. The molecule has 0 aromatic rings. The van der Waals surface area contributed by atoms with Crippen molar-refractivity contribution in [1.29, 1.82) is 0 Å². The topological polar surface area (TPSA) is 20.2 Å². The van der Waals surface area contributed by atoms with Crippen molar-refractivity contribution in [2.75, 3.05) is 0 Å². The van der Waals surface area contributed by atoms with Crippen molar-refractivity contribution in [1.82, 2.24) is 0 Å². The van der Waals surface area contributed by atoms with Gasteiger partial charge < -0.3 is 5.11 Å². The first kappa shape index (κ1) is 11.4. The van der Waals surface area contributed by atoms with Gasteiger partial charge in [-0.3, -0.25) is 0 Å². The van der Waals surface area contributed by atoms with Crippen LogP contribution >= 0.6 is 0 Å². The molecule has 0 aromatic carbocycles. The van der Waals surface area contributed by atoms with Crippen LogP contribution in [0.3, 0.4) is 0 Å². The van der Waals surface area contributed by atoms with Gasteiger partial charge in [0.2, 0.25) is 0 Å². The monoisotopic (exact) mass is 127 g/mol. The Morgan fingerprint density at radius 3 is 1.29 bits per heavy atom. The largest absolute Gasteiger partial charge is 0.393 e. The van der Waals surface area contributed by atoms with Gasteiger partial charge in [0.25, 0.3) is 0 Å². The first-order chi connectivity index (χ1) is 2.64. The first-order valence-corrected chi connectivity index (χ1v) is 2.32. The Labute approximate surface area is 87.9 Å². The maximum Gasteiger partial charge on any atom is 0.0535 e. The minimum atomic E-state index is -0.148. The van der Waals surface area contributed by atoms with E-state index in [0.717, 1.165) is 0 Å². The number of aliphatic hydroxyl groups is 1. The van der Waals surface area contributed by atoms with E-state index in [9.17, 15) is 0 Å². The van der Waals surface area contributed by atoms with E-state index in [2.05, 4.69) is 0 Å². The van der Waals surface area contributed by atoms with E-state index in [1.54, 1.807) is 6.92 Å². The van der Waals surface area contributed by atoms with Crippen molar-refractivity contribution >= 4 is 51.4 Å². The second-order valence-corrected chi connectivity index (χ2v) is 1.98. The number of rotatable bonds is 1. The summed E-state index contributed by atoms with van der Waals surface area (Å²) in [5.74, 6) is 0.407. The van der Waals surface area contributed by atoms with Gasteiger partial charge in [0, 0.05) is 51.4 Å². The van der Waals surface area contributed by atoms with Gasteiger partial charge in [0.1, 0.15) is 0 Å². The van der Waals surface area contributed by atoms with E-state index < -0.39 is 0 Å². The SMILES string of the molecule is CC(C)C(C)O.[K]. The molecule has 0 bridgehead atoms. The molecule has 39 valence electrons. The molecule has 1 atom stereocenters. The molecular weight excluding hydrogens is 115 g/mol. The van der Waals surface area contributed by atoms with Gasteiger partial charge in [-0.15, -0.1) is 0 Å². The van der Waals surface area contributed by atoms with Gasteiger partial charge in [-0.1, -0.05) is 13.8 Å². The summed E-state index contributed by atoms with van der Waals surface area (Å²) < 4.78 is 0. The van der Waals surface area contributed by atoms with Gasteiger partial charge in [0.15, 0.2) is 0 Å². The second kappa shape index (κ2) is 5.73. The Hall–Kier alpha value is 1.60. The molecular formula is C5H12KO. The van der Waals surface area contributed by atoms with Crippen molar-refractivity contribution < 1.29 is 5.11 Å². The molecule has 0 aromatic heterocycles. The second-order valence-electron chi connectivity index (χ2n) is 1.98. The Balaban J connectivity index is 0. The Morgan fingerprint density at radius 2 is 1.29 bits per heavy atom. The molecule has 0 saturated heterocycles. The Bertz CT molecular complexity index is 29.1. The molecule has 1 nitrogen and oxygen atoms in total. The maximum absolute atomic E-state index is 8.63. The molecule has 1 N–H and O–H groups in total. The van der Waals surface area contributed by atoms with Gasteiger partial charge >= 0.3 is 0 Å². The van der Waals surface area contributed by atoms with E-state index in [0.29, 0.717) is 5.92 Å². The summed E-state index contributed by atoms with van der Waals surface area (Å²) in [6, 6.07) is 0. The molecule has 0 saturated carbocycles. The summed E-state index contributed by atoms with van der Waals surface area (Å²) in [6.07, 6.45) is -0.148. The molecule has 0 aliphatic heterocycles. The fraction of sp³-hybridized carbons (Fsp3) is 1.00. The third-order valence-corrected chi connectivity index (χ3v) is 0.965. The standard InChI is InChI=1S/C5H12O.K/c1-4(2)5(3)6;/h4-6H,1-3H3;. The van der Waals surface area contributed by atoms with Crippen LogP contribution in [-0.4, -0.2) is 62.6 Å². The molecule has 2 heteroatoms. The average molecular weight is 127 g/mol. The molecule has 0 aliphatic carbocycles. The van der Waals surface area contributed by atoms with Crippen molar-refractivity contribution in [3.63, 3.8) is 0 Å². The molecule has 0 amide bonds. The summed E-state index contributed by atoms with van der Waals surface area (Å²) in [4.78, 5) is 0. The van der Waals surface area contributed by atoms with Crippen LogP contribution in [0.25, 0.3) is 0 Å². The zero-order valence-corrected chi connectivity index (χ0v) is 8.73. The molecule has 1 radical (unpaired) electrons. The molecule has 0 heterocycles. The van der Waals surface area contributed by atoms with Gasteiger partial charge in [-0.05, 0) is 12.8 Å². The Kier molecular flexibility index (Phi) is 9.33. The van der Waals surface area contributed by atoms with Crippen LogP contribution in [-0.2, 0) is 0 Å². The van der Waals surface area contributed by atoms with Crippen LogP contribution in [0.5, 0.6) is 0 Å². The van der Waals surface area contributed by atoms with Crippen LogP contribution in [0.2, 0.25) is 0 Å². The predicted molar refractivity (Wildman–Crippen MR) is 32.3 cm³/mol. The van der Waals surface area contributed by atoms with E-state index in [1.807, 2.05) is 13.8 Å². The summed E-state index contributed by atoms with van der Waals surface area (Å²) in [5.41, 5.74) is 0. The normalized spacial score (nSPS) is 13.3. The Morgan fingerprint density at radius 1 is 1.14 bits per heavy atom. The van der Waals surface area contributed by atoms with E-state index in [-0.39, 0.29) is 57.5 Å². The summed E-state index contributed by atoms with van der Waals surface area (Å²) in [5, 5.41) is 8.63. The fourth-order valence-corrected chi connectivity index (χ4v) is 0. The van der Waals surface area contributed by atoms with Gasteiger partial charge in [-0.2, -0.15) is 0 Å². The van der Waals surface area contributed by atoms with Crippen LogP contribution in [0, 0.1) is 5.92 Å². The van der Waals surface area contributed by atoms with E-state index in [1.165, 1.54) is 0 Å². The van der Waals surface area contributed by atoms with Crippen LogP contribution in [0.15, 0.2) is 0 Å². The minimum absolute atomic E-state index is 0. The van der Waals surface area contributed by atoms with Gasteiger partial charge in [-0.25, -0.2) is 0 Å². The third kappa shape index (κ3) is 7.60. The predicted octanol–water partition coefficient (Wildman–Crippen LogP) is 0.642. The summed E-state index contributed by atoms with van der Waals surface area (Å²) >= 11 is 0.